The molecule has 40 heavy (non-hydrogen) atoms. The van der Waals surface area contributed by atoms with Crippen LogP contribution in [-0.2, 0) is 19.1 Å². The van der Waals surface area contributed by atoms with Gasteiger partial charge in [-0.1, -0.05) is 67.0 Å². The number of esters is 2. The molecule has 0 N–H and O–H groups in total. The minimum Gasteiger partial charge on any atom is -0.463 e. The summed E-state index contributed by atoms with van der Waals surface area (Å²) in [6, 6.07) is 9.55. The lowest BCUT2D eigenvalue weighted by molar-refractivity contribution is -0.197. The Balaban J connectivity index is 1.37. The molecule has 11 atom stereocenters. The summed E-state index contributed by atoms with van der Waals surface area (Å²) in [5.74, 6) is 2.72. The van der Waals surface area contributed by atoms with Gasteiger partial charge in [0, 0.05) is 24.8 Å². The van der Waals surface area contributed by atoms with Crippen molar-refractivity contribution in [2.75, 3.05) is 0 Å². The zero-order valence-electron chi connectivity index (χ0n) is 24.9. The second-order valence-electron chi connectivity index (χ2n) is 14.0. The number of hydrogen-bond donors (Lipinski definition) is 0. The maximum atomic E-state index is 13.2. The third-order valence-electron chi connectivity index (χ3n) is 12.0. The lowest BCUT2D eigenvalue weighted by Crippen LogP contribution is -2.59. The van der Waals surface area contributed by atoms with Crippen molar-refractivity contribution in [3.63, 3.8) is 0 Å². The zero-order chi connectivity index (χ0) is 28.8. The molecule has 0 heterocycles. The van der Waals surface area contributed by atoms with Crippen molar-refractivity contribution >= 4 is 33.7 Å². The van der Waals surface area contributed by atoms with Gasteiger partial charge in [0.25, 0.3) is 0 Å². The van der Waals surface area contributed by atoms with E-state index in [4.69, 9.17) is 9.47 Å². The van der Waals surface area contributed by atoms with Crippen LogP contribution in [0.5, 0.6) is 0 Å². The number of alkyl halides is 1. The van der Waals surface area contributed by atoms with E-state index in [2.05, 4.69) is 36.7 Å². The number of Topliss-reactive ketones (excluding diaryl/α,β-unsaturated/α-hetero) is 1. The van der Waals surface area contributed by atoms with Crippen molar-refractivity contribution in [3.05, 3.63) is 35.9 Å². The standard InChI is InChI=1S/C34H47BrO5/c1-20(17-30(35)32(38)23-9-7-6-8-10-23)27-13-14-28-26-12-11-24-18-25(39-21(2)36)15-16-33(24,4)29(26)19-31(34(27,28)5)40-22(3)37/h6-10,20,24-31H,11-19H2,1-5H3/t20-,24+,25+,26+,27-,28+,29+,30-,31-,33+,34-/m1/s1. The lowest BCUT2D eigenvalue weighted by atomic mass is 9.43. The highest BCUT2D eigenvalue weighted by Gasteiger charge is 2.65. The first kappa shape index (κ1) is 29.8. The molecule has 0 radical (unpaired) electrons. The van der Waals surface area contributed by atoms with E-state index in [0.717, 1.165) is 44.1 Å². The fourth-order valence-electron chi connectivity index (χ4n) is 10.2. The molecule has 0 unspecified atom stereocenters. The number of ketones is 1. The molecule has 5 rings (SSSR count). The molecule has 220 valence electrons. The largest absolute Gasteiger partial charge is 0.463 e. The van der Waals surface area contributed by atoms with Gasteiger partial charge in [-0.15, -0.1) is 0 Å². The van der Waals surface area contributed by atoms with Crippen LogP contribution in [-0.4, -0.2) is 34.8 Å². The van der Waals surface area contributed by atoms with Gasteiger partial charge in [0.05, 0.1) is 4.83 Å². The van der Waals surface area contributed by atoms with Crippen molar-refractivity contribution < 1.29 is 23.9 Å². The van der Waals surface area contributed by atoms with Crippen LogP contribution >= 0.6 is 15.9 Å². The zero-order valence-corrected chi connectivity index (χ0v) is 26.5. The summed E-state index contributed by atoms with van der Waals surface area (Å²) in [6.07, 6.45) is 9.28. The molecule has 0 spiro atoms. The van der Waals surface area contributed by atoms with Crippen LogP contribution in [0.4, 0.5) is 0 Å². The molecule has 1 aromatic carbocycles. The molecule has 0 aromatic heterocycles. The van der Waals surface area contributed by atoms with Crippen LogP contribution in [0.25, 0.3) is 0 Å². The molecular formula is C34H47BrO5. The molecule has 4 fully saturated rings. The van der Waals surface area contributed by atoms with Crippen molar-refractivity contribution in [1.29, 1.82) is 0 Å². The third-order valence-corrected chi connectivity index (χ3v) is 12.8. The maximum absolute atomic E-state index is 13.2. The van der Waals surface area contributed by atoms with E-state index in [1.54, 1.807) is 6.92 Å². The predicted molar refractivity (Wildman–Crippen MR) is 159 cm³/mol. The number of ether oxygens (including phenoxy) is 2. The lowest BCUT2D eigenvalue weighted by Gasteiger charge is -2.62. The van der Waals surface area contributed by atoms with Crippen LogP contribution in [0.1, 0.15) is 103 Å². The quantitative estimate of drug-likeness (QED) is 0.178. The van der Waals surface area contributed by atoms with Crippen molar-refractivity contribution in [1.82, 2.24) is 0 Å². The average Bonchev–Trinajstić information content (AvgIpc) is 3.27. The van der Waals surface area contributed by atoms with Gasteiger partial charge >= 0.3 is 11.9 Å². The first-order chi connectivity index (χ1) is 18.9. The highest BCUT2D eigenvalue weighted by atomic mass is 79.9. The maximum Gasteiger partial charge on any atom is 0.302 e. The summed E-state index contributed by atoms with van der Waals surface area (Å²) >= 11 is 3.74. The average molecular weight is 616 g/mol. The van der Waals surface area contributed by atoms with Crippen LogP contribution < -0.4 is 0 Å². The van der Waals surface area contributed by atoms with E-state index >= 15 is 0 Å². The van der Waals surface area contributed by atoms with Crippen molar-refractivity contribution in [3.8, 4) is 0 Å². The van der Waals surface area contributed by atoms with E-state index in [1.165, 1.54) is 26.2 Å². The Morgan fingerprint density at radius 2 is 1.62 bits per heavy atom. The smallest absolute Gasteiger partial charge is 0.302 e. The molecule has 1 aromatic rings. The number of benzene rings is 1. The van der Waals surface area contributed by atoms with Crippen LogP contribution in [0.15, 0.2) is 30.3 Å². The second kappa shape index (κ2) is 11.5. The van der Waals surface area contributed by atoms with Gasteiger partial charge in [0.2, 0.25) is 0 Å². The second-order valence-corrected chi connectivity index (χ2v) is 15.1. The van der Waals surface area contributed by atoms with Gasteiger partial charge in [0.15, 0.2) is 5.78 Å². The first-order valence-electron chi connectivity index (χ1n) is 15.5. The Bertz CT molecular complexity index is 1100. The normalized spacial score (nSPS) is 40.1. The van der Waals surface area contributed by atoms with E-state index in [9.17, 15) is 14.4 Å². The summed E-state index contributed by atoms with van der Waals surface area (Å²) in [5, 5.41) is 0. The van der Waals surface area contributed by atoms with E-state index < -0.39 is 0 Å². The minimum absolute atomic E-state index is 0.0396. The molecule has 4 aliphatic rings. The summed E-state index contributed by atoms with van der Waals surface area (Å²) in [6.45, 7) is 10.3. The van der Waals surface area contributed by atoms with Crippen LogP contribution in [0.2, 0.25) is 0 Å². The third kappa shape index (κ3) is 5.31. The van der Waals surface area contributed by atoms with E-state index in [-0.39, 0.29) is 45.6 Å². The molecule has 4 aliphatic carbocycles. The topological polar surface area (TPSA) is 69.7 Å². The number of fused-ring (bicyclic) bond motifs is 5. The Labute approximate surface area is 248 Å². The monoisotopic (exact) mass is 614 g/mol. The van der Waals surface area contributed by atoms with Gasteiger partial charge in [-0.25, -0.2) is 0 Å². The fraction of sp³-hybridized carbons (Fsp3) is 0.735. The Morgan fingerprint density at radius 3 is 2.30 bits per heavy atom. The number of halogens is 1. The minimum atomic E-state index is -0.224. The Kier molecular flexibility index (Phi) is 8.59. The molecule has 5 nitrogen and oxygen atoms in total. The van der Waals surface area contributed by atoms with Crippen LogP contribution in [0, 0.1) is 46.3 Å². The Morgan fingerprint density at radius 1 is 0.925 bits per heavy atom. The van der Waals surface area contributed by atoms with Crippen molar-refractivity contribution in [2.24, 2.45) is 46.3 Å². The first-order valence-corrected chi connectivity index (χ1v) is 16.4. The SMILES string of the molecule is CC(=O)O[C@H]1CC[C@@]2(C)[C@@H](CC[C@@H]3[C@@H]2C[C@@H](OC(C)=O)[C@]2(C)[C@@H]([C@H](C)C[C@@H](Br)C(=O)c4ccccc4)CC[C@@H]32)C1. The highest BCUT2D eigenvalue weighted by molar-refractivity contribution is 9.10. The summed E-state index contributed by atoms with van der Waals surface area (Å²) in [7, 11) is 0. The highest BCUT2D eigenvalue weighted by Crippen LogP contribution is 2.69. The summed E-state index contributed by atoms with van der Waals surface area (Å²) in [4.78, 5) is 37.1. The predicted octanol–water partition coefficient (Wildman–Crippen LogP) is 7.79. The molecule has 0 bridgehead atoms. The van der Waals surface area contributed by atoms with Gasteiger partial charge in [-0.2, -0.15) is 0 Å². The molecule has 0 saturated heterocycles. The number of carbonyl (C=O) groups is 3. The van der Waals surface area contributed by atoms with E-state index in [1.807, 2.05) is 30.3 Å². The van der Waals surface area contributed by atoms with Crippen LogP contribution in [0.3, 0.4) is 0 Å². The molecule has 0 amide bonds. The van der Waals surface area contributed by atoms with Crippen molar-refractivity contribution in [2.45, 2.75) is 109 Å². The van der Waals surface area contributed by atoms with Gasteiger partial charge in [0.1, 0.15) is 12.2 Å². The van der Waals surface area contributed by atoms with E-state index in [0.29, 0.717) is 35.5 Å². The van der Waals surface area contributed by atoms with Gasteiger partial charge < -0.3 is 9.47 Å². The van der Waals surface area contributed by atoms with Gasteiger partial charge in [-0.3, -0.25) is 14.4 Å². The molecule has 0 aliphatic heterocycles. The van der Waals surface area contributed by atoms with Gasteiger partial charge in [-0.05, 0) is 98.7 Å². The molecule has 4 saturated carbocycles. The Hall–Kier alpha value is -1.69. The number of rotatable bonds is 7. The molecule has 6 heteroatoms. The molecular weight excluding hydrogens is 568 g/mol. The fourth-order valence-corrected chi connectivity index (χ4v) is 11.1. The number of carbonyl (C=O) groups excluding carboxylic acids is 3. The summed E-state index contributed by atoms with van der Waals surface area (Å²) in [5.41, 5.74) is 0.845. The number of hydrogen-bond acceptors (Lipinski definition) is 5. The summed E-state index contributed by atoms with van der Waals surface area (Å²) < 4.78 is 11.9.